The molecule has 3 aliphatic heterocycles. The fraction of sp³-hybridized carbons (Fsp3) is 0.343. The van der Waals surface area contributed by atoms with Gasteiger partial charge in [0.2, 0.25) is 17.7 Å². The molecule has 4 aromatic rings. The summed E-state index contributed by atoms with van der Waals surface area (Å²) in [4.78, 5) is 58.4. The lowest BCUT2D eigenvalue weighted by Gasteiger charge is -2.29. The molecule has 14 heteroatoms. The number of benzene rings is 2. The quantitative estimate of drug-likeness (QED) is 0.171. The SMILES string of the molecule is Cc1sc2c(c1C)C(c1ccc(Cl)cc1)=N[C@@H](CC(=O)NCCCNc1cccc3c1CN(C1CCC(=O)NC1=O)C3=O)c1nnc(C)n1-2. The Hall–Kier alpha value is -4.88. The van der Waals surface area contributed by atoms with E-state index in [9.17, 15) is 19.2 Å². The zero-order valence-electron chi connectivity index (χ0n) is 27.3. The van der Waals surface area contributed by atoms with Gasteiger partial charge in [-0.15, -0.1) is 21.5 Å². The predicted octanol–water partition coefficient (Wildman–Crippen LogP) is 4.57. The first kappa shape index (κ1) is 32.7. The molecule has 7 rings (SSSR count). The molecule has 0 radical (unpaired) electrons. The second kappa shape index (κ2) is 13.2. The van der Waals surface area contributed by atoms with Crippen molar-refractivity contribution in [2.24, 2.45) is 4.99 Å². The number of carbonyl (C=O) groups is 4. The summed E-state index contributed by atoms with van der Waals surface area (Å²) in [6.45, 7) is 7.36. The summed E-state index contributed by atoms with van der Waals surface area (Å²) in [7, 11) is 0. The molecule has 4 amide bonds. The van der Waals surface area contributed by atoms with Gasteiger partial charge in [-0.2, -0.15) is 0 Å². The van der Waals surface area contributed by atoms with Crippen molar-refractivity contribution < 1.29 is 19.2 Å². The van der Waals surface area contributed by atoms with Gasteiger partial charge in [0.25, 0.3) is 5.91 Å². The van der Waals surface area contributed by atoms with Gasteiger partial charge in [0.05, 0.1) is 12.1 Å². The number of aryl methyl sites for hydroxylation is 2. The van der Waals surface area contributed by atoms with Gasteiger partial charge in [0.15, 0.2) is 5.82 Å². The van der Waals surface area contributed by atoms with Crippen molar-refractivity contribution >= 4 is 58.0 Å². The minimum atomic E-state index is -0.668. The third-order valence-electron chi connectivity index (χ3n) is 9.31. The largest absolute Gasteiger partial charge is 0.385 e. The zero-order valence-corrected chi connectivity index (χ0v) is 28.9. The lowest BCUT2D eigenvalue weighted by molar-refractivity contribution is -0.137. The third-order valence-corrected chi connectivity index (χ3v) is 10.8. The number of halogens is 1. The highest BCUT2D eigenvalue weighted by Crippen LogP contribution is 2.39. The highest BCUT2D eigenvalue weighted by molar-refractivity contribution is 7.15. The van der Waals surface area contributed by atoms with Crippen molar-refractivity contribution in [1.82, 2.24) is 30.3 Å². The number of aliphatic imine (C=N–C) groups is 1. The molecule has 12 nitrogen and oxygen atoms in total. The Morgan fingerprint density at radius 3 is 2.63 bits per heavy atom. The van der Waals surface area contributed by atoms with Crippen LogP contribution < -0.4 is 16.0 Å². The normalized spacial score (nSPS) is 18.3. The maximum atomic E-state index is 13.3. The van der Waals surface area contributed by atoms with E-state index >= 15 is 0 Å². The second-order valence-corrected chi connectivity index (χ2v) is 14.1. The van der Waals surface area contributed by atoms with Crippen LogP contribution in [0.4, 0.5) is 5.69 Å². The number of hydrogen-bond acceptors (Lipinski definition) is 9. The molecule has 3 aliphatic rings. The molecule has 2 aromatic heterocycles. The molecule has 0 bridgehead atoms. The van der Waals surface area contributed by atoms with Gasteiger partial charge < -0.3 is 15.5 Å². The van der Waals surface area contributed by atoms with Gasteiger partial charge in [-0.1, -0.05) is 29.8 Å². The highest BCUT2D eigenvalue weighted by Gasteiger charge is 2.40. The van der Waals surface area contributed by atoms with Crippen molar-refractivity contribution in [2.75, 3.05) is 18.4 Å². The Balaban J connectivity index is 1.01. The smallest absolute Gasteiger partial charge is 0.255 e. The fourth-order valence-electron chi connectivity index (χ4n) is 6.67. The van der Waals surface area contributed by atoms with Crippen LogP contribution in [0.5, 0.6) is 0 Å². The first-order valence-corrected chi connectivity index (χ1v) is 17.4. The molecule has 3 N–H and O–H groups in total. The lowest BCUT2D eigenvalue weighted by atomic mass is 9.99. The van der Waals surface area contributed by atoms with E-state index in [2.05, 4.69) is 40.0 Å². The van der Waals surface area contributed by atoms with Crippen molar-refractivity contribution in [3.05, 3.63) is 91.8 Å². The zero-order chi connectivity index (χ0) is 34.4. The number of anilines is 1. The lowest BCUT2D eigenvalue weighted by Crippen LogP contribution is -2.52. The molecule has 1 saturated heterocycles. The Bertz CT molecular complexity index is 2030. The van der Waals surface area contributed by atoms with Crippen LogP contribution in [0.25, 0.3) is 5.00 Å². The molecule has 2 atom stereocenters. The van der Waals surface area contributed by atoms with Crippen LogP contribution in [-0.4, -0.2) is 68.1 Å². The molecule has 1 fully saturated rings. The summed E-state index contributed by atoms with van der Waals surface area (Å²) in [6.07, 6.45) is 1.25. The number of nitrogens with one attached hydrogen (secondary N) is 3. The summed E-state index contributed by atoms with van der Waals surface area (Å²) < 4.78 is 2.03. The molecular weight excluding hydrogens is 664 g/mol. The summed E-state index contributed by atoms with van der Waals surface area (Å²) in [6, 6.07) is 11.8. The average Bonchev–Trinajstić information content (AvgIpc) is 3.69. The van der Waals surface area contributed by atoms with E-state index < -0.39 is 18.0 Å². The van der Waals surface area contributed by atoms with Gasteiger partial charge in [-0.25, -0.2) is 0 Å². The van der Waals surface area contributed by atoms with Crippen molar-refractivity contribution in [2.45, 2.75) is 65.1 Å². The van der Waals surface area contributed by atoms with Crippen molar-refractivity contribution in [3.63, 3.8) is 0 Å². The number of imide groups is 1. The number of thiophene rings is 1. The Morgan fingerprint density at radius 1 is 1.06 bits per heavy atom. The maximum Gasteiger partial charge on any atom is 0.255 e. The Morgan fingerprint density at radius 2 is 1.86 bits per heavy atom. The number of nitrogens with zero attached hydrogens (tertiary/aromatic N) is 5. The molecule has 0 aliphatic carbocycles. The average molecular weight is 699 g/mol. The topological polar surface area (TPSA) is 151 Å². The molecule has 49 heavy (non-hydrogen) atoms. The van der Waals surface area contributed by atoms with E-state index in [0.29, 0.717) is 42.3 Å². The first-order chi connectivity index (χ1) is 23.6. The van der Waals surface area contributed by atoms with E-state index in [1.165, 1.54) is 9.78 Å². The monoisotopic (exact) mass is 698 g/mol. The number of fused-ring (bicyclic) bond motifs is 4. The maximum absolute atomic E-state index is 13.3. The molecule has 0 saturated carbocycles. The minimum Gasteiger partial charge on any atom is -0.385 e. The standard InChI is InChI=1S/C35H35ClN8O4S/c1-18-19(2)49-35-30(18)31(21-8-10-22(36)11-9-21)39-26(32-42-41-20(3)44(32)35)16-29(46)38-15-5-14-37-25-7-4-6-23-24(25)17-43(34(23)48)27-12-13-28(45)40-33(27)47/h4,6-11,26-27,37H,5,12-17H2,1-3H3,(H,38,46)(H,40,45,47)/t26-,27?/m0/s1. The van der Waals surface area contributed by atoms with E-state index in [0.717, 1.165) is 44.5 Å². The van der Waals surface area contributed by atoms with Gasteiger partial charge in [-0.3, -0.25) is 34.1 Å². The van der Waals surface area contributed by atoms with Crippen LogP contribution in [0.2, 0.25) is 5.02 Å². The fourth-order valence-corrected chi connectivity index (χ4v) is 8.01. The summed E-state index contributed by atoms with van der Waals surface area (Å²) >= 11 is 7.88. The number of rotatable bonds is 9. The number of piperidine rings is 1. The van der Waals surface area contributed by atoms with Crippen LogP contribution in [-0.2, 0) is 20.9 Å². The Kier molecular flexibility index (Phi) is 8.80. The van der Waals surface area contributed by atoms with Crippen molar-refractivity contribution in [3.8, 4) is 5.00 Å². The molecule has 2 aromatic carbocycles. The number of hydrogen-bond donors (Lipinski definition) is 3. The minimum absolute atomic E-state index is 0.0973. The van der Waals surface area contributed by atoms with Gasteiger partial charge >= 0.3 is 0 Å². The molecule has 252 valence electrons. The summed E-state index contributed by atoms with van der Waals surface area (Å²) in [5.41, 5.74) is 6.02. The number of aromatic nitrogens is 3. The van der Waals surface area contributed by atoms with Crippen LogP contribution in [0, 0.1) is 20.8 Å². The summed E-state index contributed by atoms with van der Waals surface area (Å²) in [5.74, 6) is 0.239. The van der Waals surface area contributed by atoms with Crippen LogP contribution in [0.3, 0.4) is 0 Å². The van der Waals surface area contributed by atoms with E-state index in [1.807, 2.05) is 47.9 Å². The van der Waals surface area contributed by atoms with Gasteiger partial charge in [-0.05, 0) is 63.4 Å². The Labute approximate surface area is 292 Å². The number of amides is 4. The van der Waals surface area contributed by atoms with Gasteiger partial charge in [0.1, 0.15) is 22.9 Å². The summed E-state index contributed by atoms with van der Waals surface area (Å²) in [5, 5.41) is 19.2. The first-order valence-electron chi connectivity index (χ1n) is 16.2. The highest BCUT2D eigenvalue weighted by atomic mass is 35.5. The van der Waals surface area contributed by atoms with Gasteiger partial charge in [0, 0.05) is 63.9 Å². The van der Waals surface area contributed by atoms with E-state index in [1.54, 1.807) is 17.4 Å². The molecular formula is C35H35ClN8O4S. The molecule has 0 spiro atoms. The third kappa shape index (κ3) is 6.12. The van der Waals surface area contributed by atoms with Crippen LogP contribution in [0.1, 0.15) is 80.9 Å². The molecule has 1 unspecified atom stereocenters. The van der Waals surface area contributed by atoms with E-state index in [4.69, 9.17) is 16.6 Å². The van der Waals surface area contributed by atoms with Crippen LogP contribution >= 0.6 is 22.9 Å². The predicted molar refractivity (Wildman–Crippen MR) is 186 cm³/mol. The van der Waals surface area contributed by atoms with Crippen LogP contribution in [0.15, 0.2) is 47.5 Å². The number of carbonyl (C=O) groups excluding carboxylic acids is 4. The second-order valence-electron chi connectivity index (χ2n) is 12.5. The van der Waals surface area contributed by atoms with Crippen molar-refractivity contribution in [1.29, 1.82) is 0 Å². The van der Waals surface area contributed by atoms with E-state index in [-0.39, 0.29) is 37.1 Å². The molecule has 5 heterocycles.